The predicted molar refractivity (Wildman–Crippen MR) is 73.6 cm³/mol. The topological polar surface area (TPSA) is 24.9 Å². The molecule has 0 radical (unpaired) electrons. The largest absolute Gasteiger partial charge is 0.359 e. The second-order valence-corrected chi connectivity index (χ2v) is 6.01. The highest BCUT2D eigenvalue weighted by molar-refractivity contribution is 7.16. The fourth-order valence-corrected chi connectivity index (χ4v) is 2.83. The quantitative estimate of drug-likeness (QED) is 0.899. The molecule has 0 unspecified atom stereocenters. The molecule has 2 nitrogen and oxygen atoms in total. The lowest BCUT2D eigenvalue weighted by molar-refractivity contribution is 0.619. The van der Waals surface area contributed by atoms with E-state index in [9.17, 15) is 4.39 Å². The van der Waals surface area contributed by atoms with E-state index in [2.05, 4.69) is 17.2 Å². The first-order valence-electron chi connectivity index (χ1n) is 6.14. The minimum absolute atomic E-state index is 0.164. The van der Waals surface area contributed by atoms with Crippen LogP contribution in [0.15, 0.2) is 18.2 Å². The molecule has 0 spiro atoms. The lowest BCUT2D eigenvalue weighted by atomic mass is 10.1. The van der Waals surface area contributed by atoms with Crippen LogP contribution in [0.3, 0.4) is 0 Å². The number of rotatable bonds is 3. The van der Waals surface area contributed by atoms with Gasteiger partial charge in [0.15, 0.2) is 5.13 Å². The smallest absolute Gasteiger partial charge is 0.183 e. The summed E-state index contributed by atoms with van der Waals surface area (Å²) in [4.78, 5) is 5.79. The molecular weight excluding hydrogens is 247 g/mol. The van der Waals surface area contributed by atoms with Gasteiger partial charge >= 0.3 is 0 Å². The zero-order valence-corrected chi connectivity index (χ0v) is 11.3. The van der Waals surface area contributed by atoms with Crippen molar-refractivity contribution < 1.29 is 4.39 Å². The van der Waals surface area contributed by atoms with Gasteiger partial charge in [-0.05, 0) is 50.5 Å². The molecule has 4 heteroatoms. The van der Waals surface area contributed by atoms with Crippen molar-refractivity contribution in [1.29, 1.82) is 0 Å². The van der Waals surface area contributed by atoms with Gasteiger partial charge in [0.1, 0.15) is 5.82 Å². The van der Waals surface area contributed by atoms with Gasteiger partial charge in [-0.25, -0.2) is 9.37 Å². The second-order valence-electron chi connectivity index (χ2n) is 4.81. The number of nitrogens with one attached hydrogen (secondary N) is 1. The standard InChI is InChI=1S/C14H15FN2S/c1-8-7-10(3-6-12(8)15)13-9(2)18-14(17-13)16-11-4-5-11/h3,6-7,11H,4-5H2,1-2H3,(H,16,17). The number of aromatic nitrogens is 1. The number of hydrogen-bond acceptors (Lipinski definition) is 3. The lowest BCUT2D eigenvalue weighted by Crippen LogP contribution is -1.99. The highest BCUT2D eigenvalue weighted by atomic mass is 32.1. The molecule has 1 aromatic heterocycles. The zero-order valence-electron chi connectivity index (χ0n) is 10.5. The SMILES string of the molecule is Cc1cc(-c2nc(NC3CC3)sc2C)ccc1F. The van der Waals surface area contributed by atoms with E-state index in [0.29, 0.717) is 11.6 Å². The van der Waals surface area contributed by atoms with Crippen molar-refractivity contribution in [2.45, 2.75) is 32.7 Å². The number of aryl methyl sites for hydroxylation is 2. The molecule has 0 aliphatic heterocycles. The second kappa shape index (κ2) is 4.35. The Kier molecular flexibility index (Phi) is 2.82. The summed E-state index contributed by atoms with van der Waals surface area (Å²) in [5, 5.41) is 4.38. The molecule has 1 aromatic carbocycles. The third-order valence-corrected chi connectivity index (χ3v) is 4.03. The van der Waals surface area contributed by atoms with Crippen LogP contribution in [0.4, 0.5) is 9.52 Å². The number of benzene rings is 1. The van der Waals surface area contributed by atoms with Gasteiger partial charge in [-0.15, -0.1) is 11.3 Å². The van der Waals surface area contributed by atoms with E-state index in [1.54, 1.807) is 24.3 Å². The first-order valence-corrected chi connectivity index (χ1v) is 6.95. The Morgan fingerprint density at radius 3 is 2.78 bits per heavy atom. The average molecular weight is 262 g/mol. The fraction of sp³-hybridized carbons (Fsp3) is 0.357. The average Bonchev–Trinajstić information content (AvgIpc) is 3.06. The van der Waals surface area contributed by atoms with E-state index in [1.165, 1.54) is 23.8 Å². The van der Waals surface area contributed by atoms with Crippen molar-refractivity contribution >= 4 is 16.5 Å². The van der Waals surface area contributed by atoms with Gasteiger partial charge in [0.05, 0.1) is 5.69 Å². The first-order chi connectivity index (χ1) is 8.63. The summed E-state index contributed by atoms with van der Waals surface area (Å²) < 4.78 is 13.3. The van der Waals surface area contributed by atoms with Gasteiger partial charge in [-0.2, -0.15) is 0 Å². The van der Waals surface area contributed by atoms with Crippen molar-refractivity contribution in [3.05, 3.63) is 34.5 Å². The number of thiazole rings is 1. The lowest BCUT2D eigenvalue weighted by Gasteiger charge is -2.01. The van der Waals surface area contributed by atoms with E-state index in [0.717, 1.165) is 16.4 Å². The van der Waals surface area contributed by atoms with E-state index >= 15 is 0 Å². The van der Waals surface area contributed by atoms with Crippen LogP contribution in [0.1, 0.15) is 23.3 Å². The van der Waals surface area contributed by atoms with Crippen LogP contribution in [0.5, 0.6) is 0 Å². The van der Waals surface area contributed by atoms with Crippen molar-refractivity contribution in [3.63, 3.8) is 0 Å². The molecule has 1 fully saturated rings. The summed E-state index contributed by atoms with van der Waals surface area (Å²) in [6.45, 7) is 3.84. The van der Waals surface area contributed by atoms with Gasteiger partial charge in [0.25, 0.3) is 0 Å². The van der Waals surface area contributed by atoms with E-state index in [4.69, 9.17) is 0 Å². The summed E-state index contributed by atoms with van der Waals surface area (Å²) in [5.41, 5.74) is 2.62. The molecule has 0 saturated heterocycles. The Morgan fingerprint density at radius 2 is 2.11 bits per heavy atom. The number of hydrogen-bond donors (Lipinski definition) is 1. The van der Waals surface area contributed by atoms with Crippen LogP contribution in [-0.2, 0) is 0 Å². The molecule has 2 aromatic rings. The van der Waals surface area contributed by atoms with Crippen LogP contribution in [0, 0.1) is 19.7 Å². The molecule has 18 heavy (non-hydrogen) atoms. The highest BCUT2D eigenvalue weighted by Crippen LogP contribution is 2.33. The molecule has 1 N–H and O–H groups in total. The van der Waals surface area contributed by atoms with Crippen molar-refractivity contribution in [2.24, 2.45) is 0 Å². The Balaban J connectivity index is 1.94. The summed E-state index contributed by atoms with van der Waals surface area (Å²) in [7, 11) is 0. The number of nitrogens with zero attached hydrogens (tertiary/aromatic N) is 1. The van der Waals surface area contributed by atoms with E-state index in [-0.39, 0.29) is 5.82 Å². The molecule has 0 bridgehead atoms. The molecule has 0 atom stereocenters. The molecule has 0 amide bonds. The molecule has 94 valence electrons. The molecule has 3 rings (SSSR count). The van der Waals surface area contributed by atoms with Gasteiger partial charge in [-0.1, -0.05) is 0 Å². The molecule has 1 aliphatic rings. The van der Waals surface area contributed by atoms with Gasteiger partial charge in [0.2, 0.25) is 0 Å². The number of halogens is 1. The minimum Gasteiger partial charge on any atom is -0.359 e. The van der Waals surface area contributed by atoms with Crippen molar-refractivity contribution in [1.82, 2.24) is 4.98 Å². The maximum absolute atomic E-state index is 13.3. The molecular formula is C14H15FN2S. The van der Waals surface area contributed by atoms with E-state index in [1.807, 2.05) is 6.07 Å². The van der Waals surface area contributed by atoms with Gasteiger partial charge in [0, 0.05) is 16.5 Å². The first kappa shape index (κ1) is 11.7. The zero-order chi connectivity index (χ0) is 12.7. The monoisotopic (exact) mass is 262 g/mol. The summed E-state index contributed by atoms with van der Waals surface area (Å²) >= 11 is 1.67. The maximum Gasteiger partial charge on any atom is 0.183 e. The van der Waals surface area contributed by atoms with Crippen LogP contribution in [0.25, 0.3) is 11.3 Å². The fourth-order valence-electron chi connectivity index (χ4n) is 1.92. The summed E-state index contributed by atoms with van der Waals surface area (Å²) in [5.74, 6) is -0.164. The van der Waals surface area contributed by atoms with Gasteiger partial charge in [-0.3, -0.25) is 0 Å². The molecule has 1 saturated carbocycles. The highest BCUT2D eigenvalue weighted by Gasteiger charge is 2.22. The molecule has 1 aliphatic carbocycles. The predicted octanol–water partition coefficient (Wildman–Crippen LogP) is 4.14. The molecule has 1 heterocycles. The normalized spacial score (nSPS) is 14.8. The van der Waals surface area contributed by atoms with Crippen LogP contribution < -0.4 is 5.32 Å². The Bertz CT molecular complexity index is 587. The van der Waals surface area contributed by atoms with Crippen molar-refractivity contribution in [3.8, 4) is 11.3 Å². The Hall–Kier alpha value is -1.42. The minimum atomic E-state index is -0.164. The number of anilines is 1. The summed E-state index contributed by atoms with van der Waals surface area (Å²) in [6.07, 6.45) is 2.48. The van der Waals surface area contributed by atoms with E-state index < -0.39 is 0 Å². The maximum atomic E-state index is 13.3. The third kappa shape index (κ3) is 2.25. The van der Waals surface area contributed by atoms with Crippen LogP contribution in [0.2, 0.25) is 0 Å². The van der Waals surface area contributed by atoms with Crippen molar-refractivity contribution in [2.75, 3.05) is 5.32 Å². The third-order valence-electron chi connectivity index (χ3n) is 3.13. The van der Waals surface area contributed by atoms with Gasteiger partial charge < -0.3 is 5.32 Å². The van der Waals surface area contributed by atoms with Crippen LogP contribution >= 0.6 is 11.3 Å². The summed E-state index contributed by atoms with van der Waals surface area (Å²) in [6, 6.07) is 5.78. The Morgan fingerprint density at radius 1 is 1.33 bits per heavy atom. The van der Waals surface area contributed by atoms with Crippen LogP contribution in [-0.4, -0.2) is 11.0 Å². The Labute approximate surface area is 110 Å².